The smallest absolute Gasteiger partial charge is 0.339 e. The lowest BCUT2D eigenvalue weighted by Gasteiger charge is -2.03. The summed E-state index contributed by atoms with van der Waals surface area (Å²) in [6, 6.07) is 1.38. The third-order valence-corrected chi connectivity index (χ3v) is 1.92. The number of hydrogen-bond donors (Lipinski definition) is 3. The van der Waals surface area contributed by atoms with Crippen LogP contribution in [-0.4, -0.2) is 30.1 Å². The van der Waals surface area contributed by atoms with E-state index in [2.05, 4.69) is 10.6 Å². The largest absolute Gasteiger partial charge is 0.478 e. The average molecular weight is 226 g/mol. The van der Waals surface area contributed by atoms with Gasteiger partial charge in [0.1, 0.15) is 11.3 Å². The second kappa shape index (κ2) is 5.92. The zero-order valence-corrected chi connectivity index (χ0v) is 8.95. The van der Waals surface area contributed by atoms with Gasteiger partial charge in [0, 0.05) is 6.54 Å². The van der Waals surface area contributed by atoms with E-state index in [0.717, 1.165) is 0 Å². The number of aromatic carboxylic acids is 1. The first-order valence-electron chi connectivity index (χ1n) is 4.92. The minimum atomic E-state index is -1.04. The SMILES string of the molecule is CCNC(=O)CNCc1occc1C(=O)O. The van der Waals surface area contributed by atoms with Crippen molar-refractivity contribution < 1.29 is 19.1 Å². The Bertz CT molecular complexity index is 373. The van der Waals surface area contributed by atoms with Crippen LogP contribution < -0.4 is 10.6 Å². The molecule has 6 heteroatoms. The molecule has 1 rings (SSSR count). The van der Waals surface area contributed by atoms with Gasteiger partial charge in [0.2, 0.25) is 5.91 Å². The molecule has 88 valence electrons. The molecule has 0 aliphatic heterocycles. The molecular weight excluding hydrogens is 212 g/mol. The molecule has 0 spiro atoms. The Morgan fingerprint density at radius 3 is 2.88 bits per heavy atom. The summed E-state index contributed by atoms with van der Waals surface area (Å²) in [7, 11) is 0. The summed E-state index contributed by atoms with van der Waals surface area (Å²) >= 11 is 0. The van der Waals surface area contributed by atoms with Crippen LogP contribution in [0, 0.1) is 0 Å². The highest BCUT2D eigenvalue weighted by Crippen LogP contribution is 2.09. The molecule has 0 saturated heterocycles. The van der Waals surface area contributed by atoms with Crippen molar-refractivity contribution in [3.05, 3.63) is 23.7 Å². The van der Waals surface area contributed by atoms with Crippen molar-refractivity contribution in [2.24, 2.45) is 0 Å². The van der Waals surface area contributed by atoms with Crippen LogP contribution in [0.2, 0.25) is 0 Å². The number of furan rings is 1. The average Bonchev–Trinajstić information content (AvgIpc) is 2.66. The molecule has 3 N–H and O–H groups in total. The molecule has 0 aliphatic rings. The highest BCUT2D eigenvalue weighted by Gasteiger charge is 2.12. The molecule has 0 radical (unpaired) electrons. The van der Waals surface area contributed by atoms with Crippen molar-refractivity contribution in [2.75, 3.05) is 13.1 Å². The van der Waals surface area contributed by atoms with Crippen LogP contribution in [0.1, 0.15) is 23.0 Å². The normalized spacial score (nSPS) is 10.1. The number of carboxylic acid groups (broad SMARTS) is 1. The monoisotopic (exact) mass is 226 g/mol. The molecule has 1 aromatic rings. The number of carbonyl (C=O) groups excluding carboxylic acids is 1. The first-order valence-corrected chi connectivity index (χ1v) is 4.92. The fraction of sp³-hybridized carbons (Fsp3) is 0.400. The molecule has 0 bridgehead atoms. The van der Waals surface area contributed by atoms with Gasteiger partial charge in [0.25, 0.3) is 0 Å². The predicted molar refractivity (Wildman–Crippen MR) is 56.1 cm³/mol. The Morgan fingerprint density at radius 2 is 2.25 bits per heavy atom. The number of carbonyl (C=O) groups is 2. The van der Waals surface area contributed by atoms with Crippen molar-refractivity contribution in [2.45, 2.75) is 13.5 Å². The summed E-state index contributed by atoms with van der Waals surface area (Å²) in [5, 5.41) is 14.2. The Labute approximate surface area is 92.6 Å². The van der Waals surface area contributed by atoms with E-state index < -0.39 is 5.97 Å². The van der Waals surface area contributed by atoms with Crippen molar-refractivity contribution in [1.29, 1.82) is 0 Å². The van der Waals surface area contributed by atoms with Gasteiger partial charge in [-0.25, -0.2) is 4.79 Å². The summed E-state index contributed by atoms with van der Waals surface area (Å²) < 4.78 is 4.99. The van der Waals surface area contributed by atoms with E-state index in [4.69, 9.17) is 9.52 Å². The number of carboxylic acids is 1. The van der Waals surface area contributed by atoms with Gasteiger partial charge < -0.3 is 20.2 Å². The van der Waals surface area contributed by atoms with Gasteiger partial charge in [-0.3, -0.25) is 4.79 Å². The lowest BCUT2D eigenvalue weighted by molar-refractivity contribution is -0.120. The molecule has 0 fully saturated rings. The molecule has 6 nitrogen and oxygen atoms in total. The van der Waals surface area contributed by atoms with Gasteiger partial charge in [0.15, 0.2) is 0 Å². The van der Waals surface area contributed by atoms with Gasteiger partial charge in [-0.1, -0.05) is 0 Å². The van der Waals surface area contributed by atoms with Gasteiger partial charge in [-0.05, 0) is 13.0 Å². The van der Waals surface area contributed by atoms with Gasteiger partial charge in [-0.15, -0.1) is 0 Å². The van der Waals surface area contributed by atoms with E-state index in [1.165, 1.54) is 12.3 Å². The maximum Gasteiger partial charge on any atom is 0.339 e. The van der Waals surface area contributed by atoms with Crippen molar-refractivity contribution >= 4 is 11.9 Å². The van der Waals surface area contributed by atoms with E-state index >= 15 is 0 Å². The maximum atomic E-state index is 11.1. The van der Waals surface area contributed by atoms with Gasteiger partial charge in [0.05, 0.1) is 19.4 Å². The van der Waals surface area contributed by atoms with E-state index in [9.17, 15) is 9.59 Å². The minimum absolute atomic E-state index is 0.114. The molecule has 0 aliphatic carbocycles. The van der Waals surface area contributed by atoms with Crippen LogP contribution in [0.3, 0.4) is 0 Å². The number of rotatable bonds is 6. The summed E-state index contributed by atoms with van der Waals surface area (Å²) in [6.45, 7) is 2.74. The number of nitrogens with one attached hydrogen (secondary N) is 2. The fourth-order valence-corrected chi connectivity index (χ4v) is 1.22. The van der Waals surface area contributed by atoms with Gasteiger partial charge in [-0.2, -0.15) is 0 Å². The third kappa shape index (κ3) is 3.39. The maximum absolute atomic E-state index is 11.1. The van der Waals surface area contributed by atoms with Crippen LogP contribution in [0.25, 0.3) is 0 Å². The van der Waals surface area contributed by atoms with Crippen molar-refractivity contribution in [3.8, 4) is 0 Å². The minimum Gasteiger partial charge on any atom is -0.478 e. The van der Waals surface area contributed by atoms with Crippen LogP contribution >= 0.6 is 0 Å². The highest BCUT2D eigenvalue weighted by atomic mass is 16.4. The summed E-state index contributed by atoms with van der Waals surface area (Å²) in [5.41, 5.74) is 0.114. The lowest BCUT2D eigenvalue weighted by Crippen LogP contribution is -2.33. The Hall–Kier alpha value is -1.82. The first-order chi connectivity index (χ1) is 7.65. The zero-order chi connectivity index (χ0) is 12.0. The molecule has 1 aromatic heterocycles. The predicted octanol–water partition coefficient (Wildman–Crippen LogP) is 0.203. The van der Waals surface area contributed by atoms with E-state index in [-0.39, 0.29) is 24.6 Å². The van der Waals surface area contributed by atoms with Gasteiger partial charge >= 0.3 is 5.97 Å². The topological polar surface area (TPSA) is 91.6 Å². The third-order valence-electron chi connectivity index (χ3n) is 1.92. The first kappa shape index (κ1) is 12.3. The molecule has 1 heterocycles. The summed E-state index contributed by atoms with van der Waals surface area (Å²) in [6.07, 6.45) is 1.31. The fourth-order valence-electron chi connectivity index (χ4n) is 1.22. The van der Waals surface area contributed by atoms with Crippen molar-refractivity contribution in [3.63, 3.8) is 0 Å². The van der Waals surface area contributed by atoms with Crippen LogP contribution in [0.4, 0.5) is 0 Å². The molecule has 16 heavy (non-hydrogen) atoms. The summed E-state index contributed by atoms with van der Waals surface area (Å²) in [4.78, 5) is 21.8. The standard InChI is InChI=1S/C10H14N2O4/c1-2-12-9(13)6-11-5-8-7(10(14)15)3-4-16-8/h3-4,11H,2,5-6H2,1H3,(H,12,13)(H,14,15). The molecule has 0 aromatic carbocycles. The Balaban J connectivity index is 2.40. The quantitative estimate of drug-likeness (QED) is 0.644. The molecule has 0 unspecified atom stereocenters. The zero-order valence-electron chi connectivity index (χ0n) is 8.95. The molecule has 0 saturated carbocycles. The van der Waals surface area contributed by atoms with Crippen LogP contribution in [-0.2, 0) is 11.3 Å². The second-order valence-corrected chi connectivity index (χ2v) is 3.12. The molecule has 0 atom stereocenters. The summed E-state index contributed by atoms with van der Waals surface area (Å²) in [5.74, 6) is -0.855. The Kier molecular flexibility index (Phi) is 4.53. The van der Waals surface area contributed by atoms with Crippen molar-refractivity contribution in [1.82, 2.24) is 10.6 Å². The number of amides is 1. The van der Waals surface area contributed by atoms with E-state index in [1.54, 1.807) is 0 Å². The number of hydrogen-bond acceptors (Lipinski definition) is 4. The lowest BCUT2D eigenvalue weighted by atomic mass is 10.2. The number of likely N-dealkylation sites (N-methyl/N-ethyl adjacent to an activating group) is 1. The highest BCUT2D eigenvalue weighted by molar-refractivity contribution is 5.88. The van der Waals surface area contributed by atoms with Crippen LogP contribution in [0.5, 0.6) is 0 Å². The van der Waals surface area contributed by atoms with Crippen LogP contribution in [0.15, 0.2) is 16.7 Å². The second-order valence-electron chi connectivity index (χ2n) is 3.12. The molecular formula is C10H14N2O4. The molecule has 1 amide bonds. The van der Waals surface area contributed by atoms with E-state index in [0.29, 0.717) is 12.3 Å². The Morgan fingerprint density at radius 1 is 1.50 bits per heavy atom. The van der Waals surface area contributed by atoms with E-state index in [1.807, 2.05) is 6.92 Å².